The van der Waals surface area contributed by atoms with Crippen molar-refractivity contribution < 1.29 is 41.6 Å². The van der Waals surface area contributed by atoms with E-state index < -0.39 is 60.9 Å². The molecule has 47 heavy (non-hydrogen) atoms. The Morgan fingerprint density at radius 3 is 2.28 bits per heavy atom. The number of aliphatic carboxylic acids is 1. The number of hydrogen-bond acceptors (Lipinski definition) is 4. The average Bonchev–Trinajstić information content (AvgIpc) is 3.47. The highest BCUT2D eigenvalue weighted by Crippen LogP contribution is 2.45. The van der Waals surface area contributed by atoms with E-state index in [1.54, 1.807) is 51.1 Å². The maximum absolute atomic E-state index is 14.9. The third-order valence-electron chi connectivity index (χ3n) is 8.37. The molecule has 7 nitrogen and oxygen atoms in total. The highest BCUT2D eigenvalue weighted by Gasteiger charge is 2.33. The summed E-state index contributed by atoms with van der Waals surface area (Å²) in [6.07, 6.45) is -17.1. The van der Waals surface area contributed by atoms with E-state index >= 15 is 0 Å². The van der Waals surface area contributed by atoms with Crippen LogP contribution in [0.2, 0.25) is 0 Å². The first-order valence-electron chi connectivity index (χ1n) is 19.7. The van der Waals surface area contributed by atoms with Crippen molar-refractivity contribution in [2.24, 2.45) is 5.89 Å². The summed E-state index contributed by atoms with van der Waals surface area (Å²) >= 11 is 0. The van der Waals surface area contributed by atoms with E-state index in [1.165, 1.54) is 12.1 Å². The van der Waals surface area contributed by atoms with Crippen molar-refractivity contribution in [2.75, 3.05) is 5.32 Å². The lowest BCUT2D eigenvalue weighted by Crippen LogP contribution is -2.29. The van der Waals surface area contributed by atoms with Crippen LogP contribution in [0.25, 0.3) is 22.4 Å². The molecule has 2 unspecified atom stereocenters. The molecule has 0 radical (unpaired) electrons. The first-order chi connectivity index (χ1) is 25.5. The van der Waals surface area contributed by atoms with Gasteiger partial charge in [-0.3, -0.25) is 9.59 Å². The molecule has 4 aromatic rings. The summed E-state index contributed by atoms with van der Waals surface area (Å²) in [5.41, 5.74) is 3.96. The number of carbonyl (C=O) groups excluding carboxylic acids is 1. The molecule has 0 saturated heterocycles. The van der Waals surface area contributed by atoms with Crippen molar-refractivity contribution in [1.29, 1.82) is 0 Å². The summed E-state index contributed by atoms with van der Waals surface area (Å²) in [6.45, 7) is 7.78. The number of aryl methyl sites for hydroxylation is 3. The molecule has 3 aromatic carbocycles. The van der Waals surface area contributed by atoms with Crippen LogP contribution in [0.5, 0.6) is 0 Å². The van der Waals surface area contributed by atoms with Crippen molar-refractivity contribution in [3.05, 3.63) is 100.0 Å². The zero-order valence-electron chi connectivity index (χ0n) is 36.5. The van der Waals surface area contributed by atoms with Crippen LogP contribution in [-0.4, -0.2) is 43.9 Å². The number of carboxylic acid groups (broad SMARTS) is 1. The highest BCUT2D eigenvalue weighted by molar-refractivity contribution is 6.13. The molecular formula is C39H47FN2O5. The number of benzene rings is 3. The Morgan fingerprint density at radius 1 is 0.979 bits per heavy atom. The quantitative estimate of drug-likeness (QED) is 0.117. The fraction of sp³-hybridized carbons (Fsp3) is 0.385. The van der Waals surface area contributed by atoms with Crippen molar-refractivity contribution in [2.45, 2.75) is 92.2 Å². The number of halogens is 1. The third-order valence-corrected chi connectivity index (χ3v) is 8.37. The zero-order chi connectivity index (χ0) is 42.7. The molecule has 0 aliphatic heterocycles. The molecule has 0 aliphatic rings. The van der Waals surface area contributed by atoms with Gasteiger partial charge in [0.05, 0.1) is 35.3 Å². The number of hydrogen-bond donors (Lipinski definition) is 4. The van der Waals surface area contributed by atoms with E-state index in [0.29, 0.717) is 23.7 Å². The Balaban J connectivity index is 2.26. The highest BCUT2D eigenvalue weighted by atomic mass is 19.1. The number of nitrogens with zero attached hydrogens (tertiary/aromatic N) is 1. The maximum atomic E-state index is 14.9. The van der Waals surface area contributed by atoms with Crippen molar-refractivity contribution in [3.8, 4) is 22.4 Å². The summed E-state index contributed by atoms with van der Waals surface area (Å²) in [7, 11) is 0. The van der Waals surface area contributed by atoms with Gasteiger partial charge in [0, 0.05) is 42.6 Å². The Hall–Kier alpha value is -4.27. The number of anilines is 1. The summed E-state index contributed by atoms with van der Waals surface area (Å²) in [6, 6.07) is 15.2. The molecule has 4 atom stereocenters. The first kappa shape index (κ1) is 24.8. The van der Waals surface area contributed by atoms with Gasteiger partial charge in [-0.1, -0.05) is 45.0 Å². The van der Waals surface area contributed by atoms with Crippen LogP contribution in [0.1, 0.15) is 96.5 Å². The van der Waals surface area contributed by atoms with Gasteiger partial charge < -0.3 is 25.2 Å². The fourth-order valence-electron chi connectivity index (χ4n) is 5.33. The summed E-state index contributed by atoms with van der Waals surface area (Å²) < 4.78 is 94.0. The Labute approximate surface area is 289 Å². The molecule has 250 valence electrons. The minimum atomic E-state index is -4.47. The number of rotatable bonds is 13. The van der Waals surface area contributed by atoms with Gasteiger partial charge in [-0.2, -0.15) is 0 Å². The van der Waals surface area contributed by atoms with Crippen LogP contribution in [0.3, 0.4) is 0 Å². The molecule has 8 heteroatoms. The molecular weight excluding hydrogens is 595 g/mol. The van der Waals surface area contributed by atoms with Crippen molar-refractivity contribution in [3.63, 3.8) is 0 Å². The summed E-state index contributed by atoms with van der Waals surface area (Å²) in [4.78, 5) is 26.7. The molecule has 4 N–H and O–H groups in total. The number of aromatic nitrogens is 1. The van der Waals surface area contributed by atoms with E-state index in [1.807, 2.05) is 26.8 Å². The Bertz CT molecular complexity index is 2170. The van der Waals surface area contributed by atoms with Crippen LogP contribution in [-0.2, 0) is 11.3 Å². The van der Waals surface area contributed by atoms with E-state index in [4.69, 9.17) is 8.22 Å². The van der Waals surface area contributed by atoms with E-state index in [-0.39, 0.29) is 34.5 Å². The van der Waals surface area contributed by atoms with Gasteiger partial charge in [0.15, 0.2) is 0 Å². The maximum Gasteiger partial charge on any atom is 0.305 e. The van der Waals surface area contributed by atoms with Gasteiger partial charge in [-0.05, 0) is 110 Å². The van der Waals surface area contributed by atoms with Crippen molar-refractivity contribution >= 4 is 17.6 Å². The van der Waals surface area contributed by atoms with Crippen molar-refractivity contribution in [1.82, 2.24) is 4.57 Å². The van der Waals surface area contributed by atoms with Gasteiger partial charge in [0.2, 0.25) is 0 Å². The number of carbonyl (C=O) groups is 2. The molecule has 1 aromatic heterocycles. The van der Waals surface area contributed by atoms with E-state index in [9.17, 15) is 33.4 Å². The normalized spacial score (nSPS) is 19.7. The van der Waals surface area contributed by atoms with Crippen LogP contribution in [0, 0.1) is 39.4 Å². The molecule has 0 bridgehead atoms. The van der Waals surface area contributed by atoms with Gasteiger partial charge in [-0.25, -0.2) is 4.39 Å². The molecule has 0 saturated carbocycles. The number of aliphatic hydroxyl groups is 2. The zero-order valence-corrected chi connectivity index (χ0v) is 27.5. The van der Waals surface area contributed by atoms with Crippen LogP contribution in [0.15, 0.2) is 60.7 Å². The lowest BCUT2D eigenvalue weighted by molar-refractivity contribution is -0.139. The predicted molar refractivity (Wildman–Crippen MR) is 185 cm³/mol. The summed E-state index contributed by atoms with van der Waals surface area (Å²) in [5, 5.41) is 35.0. The number of nitrogens with one attached hydrogen (secondary N) is 1. The third kappa shape index (κ3) is 8.00. The smallest absolute Gasteiger partial charge is 0.305 e. The number of amides is 1. The molecule has 0 fully saturated rings. The largest absolute Gasteiger partial charge is 0.481 e. The molecule has 0 aliphatic carbocycles. The van der Waals surface area contributed by atoms with Gasteiger partial charge >= 0.3 is 5.97 Å². The first-order valence-corrected chi connectivity index (χ1v) is 15.2. The van der Waals surface area contributed by atoms with Gasteiger partial charge in [0.25, 0.3) is 5.91 Å². The molecule has 1 heterocycles. The van der Waals surface area contributed by atoms with Crippen LogP contribution < -0.4 is 5.32 Å². The monoisotopic (exact) mass is 651 g/mol. The Morgan fingerprint density at radius 2 is 1.66 bits per heavy atom. The van der Waals surface area contributed by atoms with Gasteiger partial charge in [0.1, 0.15) is 5.82 Å². The molecule has 0 spiro atoms. The van der Waals surface area contributed by atoms with E-state index in [2.05, 4.69) is 5.32 Å². The number of carboxylic acids is 1. The van der Waals surface area contributed by atoms with Gasteiger partial charge in [-0.15, -0.1) is 0 Å². The van der Waals surface area contributed by atoms with E-state index in [0.717, 1.165) is 33.4 Å². The van der Waals surface area contributed by atoms with Crippen LogP contribution in [0.4, 0.5) is 10.1 Å². The fourth-order valence-corrected chi connectivity index (χ4v) is 5.33. The Kier molecular flexibility index (Phi) is 7.98. The van der Waals surface area contributed by atoms with Crippen LogP contribution >= 0.6 is 0 Å². The lowest BCUT2D eigenvalue weighted by Gasteiger charge is -2.26. The second-order valence-corrected chi connectivity index (χ2v) is 11.6. The minimum absolute atomic E-state index is 0.0779. The topological polar surface area (TPSA) is 112 Å². The summed E-state index contributed by atoms with van der Waals surface area (Å²) in [5.74, 6) is -8.26. The molecule has 1 amide bonds. The predicted octanol–water partition coefficient (Wildman–Crippen LogP) is 8.18. The SMILES string of the molecule is [2H]C([2H])(n1c(-c2ccc(F)cc2)c(-c2cccc(C)c2C)c(C(=O)Nc2ccc(C)c(C)c2)c1C(C)CC)C([2H])(C)[C@@]([2H])(O)C([2H])([2H])[C@@]([2H])(O)C([2H])([2H])C(=O)O. The second-order valence-electron chi connectivity index (χ2n) is 11.6. The minimum Gasteiger partial charge on any atom is -0.481 e. The molecule has 4 rings (SSSR count). The lowest BCUT2D eigenvalue weighted by atomic mass is 9.89. The average molecular weight is 652 g/mol. The standard InChI is InChI=1S/C39H47FN2O5/c1-8-22(2)37-36(39(47)41-30-17-12-23(3)25(5)18-30)35(32-11-9-10-24(4)27(32)7)38(28-13-15-29(40)16-14-28)42(37)21-26(6)33(44)19-31(43)20-34(45)46/h9-18,22,26,31,33,43-44H,8,19-21H2,1-7H3,(H,41,47)(H,45,46)/t22?,26?,31-,33+/m1/s1/i19D2,20D2,21D2,26D,31D,33D. The second kappa shape index (κ2) is 15.1.